The number of carbonyl (C=O) groups excluding carboxylic acids is 2. The first kappa shape index (κ1) is 17.2. The van der Waals surface area contributed by atoms with E-state index in [4.69, 9.17) is 9.47 Å². The Balaban J connectivity index is 1.64. The molecule has 0 aromatic rings. The van der Waals surface area contributed by atoms with Gasteiger partial charge in [-0.25, -0.2) is 9.59 Å². The molecule has 3 saturated carbocycles. The van der Waals surface area contributed by atoms with E-state index in [1.54, 1.807) is 12.2 Å². The highest BCUT2D eigenvalue weighted by atomic mass is 16.5. The van der Waals surface area contributed by atoms with Gasteiger partial charge in [-0.1, -0.05) is 12.2 Å². The minimum atomic E-state index is -0.276. The van der Waals surface area contributed by atoms with Gasteiger partial charge in [-0.3, -0.25) is 0 Å². The van der Waals surface area contributed by atoms with Crippen LogP contribution in [-0.4, -0.2) is 25.2 Å². The van der Waals surface area contributed by atoms with E-state index in [1.807, 2.05) is 13.8 Å². The summed E-state index contributed by atoms with van der Waals surface area (Å²) in [5.74, 6) is 3.10. The monoisotopic (exact) mass is 332 g/mol. The zero-order chi connectivity index (χ0) is 17.1. The minimum absolute atomic E-state index is 0.270. The Hall–Kier alpha value is -1.58. The fraction of sp³-hybridized carbons (Fsp3) is 0.700. The Bertz CT molecular complexity index is 536. The molecule has 0 heterocycles. The third-order valence-electron chi connectivity index (χ3n) is 6.30. The zero-order valence-corrected chi connectivity index (χ0v) is 14.6. The molecule has 132 valence electrons. The van der Waals surface area contributed by atoms with E-state index in [1.165, 1.54) is 31.4 Å². The molecule has 3 fully saturated rings. The maximum atomic E-state index is 11.7. The van der Waals surface area contributed by atoms with Crippen LogP contribution in [0.3, 0.4) is 0 Å². The lowest BCUT2D eigenvalue weighted by Gasteiger charge is -2.29. The number of allylic oxidation sites excluding steroid dienone is 2. The molecule has 4 nitrogen and oxygen atoms in total. The van der Waals surface area contributed by atoms with Crippen LogP contribution in [0.1, 0.15) is 39.5 Å². The summed E-state index contributed by atoms with van der Waals surface area (Å²) in [4.78, 5) is 23.3. The van der Waals surface area contributed by atoms with Crippen LogP contribution in [-0.2, 0) is 19.1 Å². The first-order chi connectivity index (χ1) is 11.6. The third-order valence-corrected chi connectivity index (χ3v) is 6.30. The molecule has 0 aromatic carbocycles. The summed E-state index contributed by atoms with van der Waals surface area (Å²) < 4.78 is 10.9. The number of fused-ring (bicyclic) bond motifs is 5. The van der Waals surface area contributed by atoms with Gasteiger partial charge in [-0.05, 0) is 69.1 Å². The number of ether oxygens (including phenoxy) is 2. The highest BCUT2D eigenvalue weighted by Crippen LogP contribution is 2.62. The first-order valence-corrected chi connectivity index (χ1v) is 9.23. The topological polar surface area (TPSA) is 52.6 Å². The first-order valence-electron chi connectivity index (χ1n) is 9.23. The SMILES string of the molecule is C/C=C/C(=O)OCC1CC2C3CCC(C3)C2C1COC(=O)/C=C/C. The summed E-state index contributed by atoms with van der Waals surface area (Å²) in [6.07, 6.45) is 11.4. The highest BCUT2D eigenvalue weighted by molar-refractivity contribution is 5.82. The van der Waals surface area contributed by atoms with Gasteiger partial charge in [-0.15, -0.1) is 0 Å². The normalized spacial score (nSPS) is 37.2. The average molecular weight is 332 g/mol. The van der Waals surface area contributed by atoms with Crippen LogP contribution in [0.2, 0.25) is 0 Å². The van der Waals surface area contributed by atoms with Crippen molar-refractivity contribution < 1.29 is 19.1 Å². The Kier molecular flexibility index (Phi) is 5.42. The van der Waals surface area contributed by atoms with Gasteiger partial charge < -0.3 is 9.47 Å². The molecule has 0 radical (unpaired) electrons. The molecule has 3 aliphatic carbocycles. The van der Waals surface area contributed by atoms with Crippen LogP contribution < -0.4 is 0 Å². The second-order valence-electron chi connectivity index (χ2n) is 7.49. The van der Waals surface area contributed by atoms with E-state index in [2.05, 4.69) is 0 Å². The molecule has 6 unspecified atom stereocenters. The fourth-order valence-corrected chi connectivity index (χ4v) is 5.49. The molecule has 24 heavy (non-hydrogen) atoms. The third kappa shape index (κ3) is 3.42. The average Bonchev–Trinajstić information content (AvgIpc) is 3.23. The molecular weight excluding hydrogens is 304 g/mol. The van der Waals surface area contributed by atoms with E-state index >= 15 is 0 Å². The molecule has 0 spiro atoms. The van der Waals surface area contributed by atoms with Crippen LogP contribution in [0.25, 0.3) is 0 Å². The van der Waals surface area contributed by atoms with Crippen molar-refractivity contribution in [3.8, 4) is 0 Å². The van der Waals surface area contributed by atoms with Gasteiger partial charge in [0.2, 0.25) is 0 Å². The lowest BCUT2D eigenvalue weighted by atomic mass is 9.77. The van der Waals surface area contributed by atoms with Gasteiger partial charge in [0, 0.05) is 18.1 Å². The largest absolute Gasteiger partial charge is 0.462 e. The molecule has 0 amide bonds. The molecule has 4 heteroatoms. The standard InChI is InChI=1S/C20H28O4/c1-3-5-18(21)23-11-15-10-16-13-7-8-14(9-13)20(16)17(15)12-24-19(22)6-4-2/h3-6,13-17,20H,7-12H2,1-2H3/b5-3+,6-4+. The number of hydrogen-bond donors (Lipinski definition) is 0. The molecule has 2 bridgehead atoms. The Labute approximate surface area is 144 Å². The second-order valence-corrected chi connectivity index (χ2v) is 7.49. The molecule has 6 atom stereocenters. The van der Waals surface area contributed by atoms with Crippen molar-refractivity contribution in [2.75, 3.05) is 13.2 Å². The molecule has 0 aliphatic heterocycles. The van der Waals surface area contributed by atoms with E-state index in [9.17, 15) is 9.59 Å². The molecular formula is C20H28O4. The van der Waals surface area contributed by atoms with Crippen molar-refractivity contribution in [1.29, 1.82) is 0 Å². The number of rotatable bonds is 6. The summed E-state index contributed by atoms with van der Waals surface area (Å²) in [7, 11) is 0. The highest BCUT2D eigenvalue weighted by Gasteiger charge is 2.56. The van der Waals surface area contributed by atoms with Gasteiger partial charge in [0.15, 0.2) is 0 Å². The number of hydrogen-bond acceptors (Lipinski definition) is 4. The van der Waals surface area contributed by atoms with Crippen LogP contribution in [0.5, 0.6) is 0 Å². The fourth-order valence-electron chi connectivity index (χ4n) is 5.49. The predicted octanol–water partition coefficient (Wildman–Crippen LogP) is 3.52. The van der Waals surface area contributed by atoms with Crippen molar-refractivity contribution in [2.45, 2.75) is 39.5 Å². The summed E-state index contributed by atoms with van der Waals surface area (Å²) in [5, 5.41) is 0. The van der Waals surface area contributed by atoms with Crippen molar-refractivity contribution in [1.82, 2.24) is 0 Å². The lowest BCUT2D eigenvalue weighted by Crippen LogP contribution is -2.29. The molecule has 0 aromatic heterocycles. The van der Waals surface area contributed by atoms with E-state index in [0.29, 0.717) is 31.0 Å². The van der Waals surface area contributed by atoms with Gasteiger partial charge in [0.1, 0.15) is 0 Å². The predicted molar refractivity (Wildman–Crippen MR) is 91.0 cm³/mol. The van der Waals surface area contributed by atoms with Gasteiger partial charge in [-0.2, -0.15) is 0 Å². The Morgan fingerprint density at radius 2 is 1.54 bits per heavy atom. The number of esters is 2. The van der Waals surface area contributed by atoms with Gasteiger partial charge >= 0.3 is 11.9 Å². The maximum absolute atomic E-state index is 11.7. The summed E-state index contributed by atoms with van der Waals surface area (Å²) in [5.41, 5.74) is 0. The summed E-state index contributed by atoms with van der Waals surface area (Å²) >= 11 is 0. The lowest BCUT2D eigenvalue weighted by molar-refractivity contribution is -0.143. The van der Waals surface area contributed by atoms with Crippen LogP contribution in [0.15, 0.2) is 24.3 Å². The molecule has 3 rings (SSSR count). The van der Waals surface area contributed by atoms with Gasteiger partial charge in [0.05, 0.1) is 13.2 Å². The van der Waals surface area contributed by atoms with Crippen LogP contribution in [0, 0.1) is 35.5 Å². The molecule has 0 N–H and O–H groups in total. The molecule has 0 saturated heterocycles. The Morgan fingerprint density at radius 3 is 2.21 bits per heavy atom. The van der Waals surface area contributed by atoms with E-state index in [0.717, 1.165) is 24.2 Å². The van der Waals surface area contributed by atoms with Crippen molar-refractivity contribution in [3.63, 3.8) is 0 Å². The van der Waals surface area contributed by atoms with Crippen molar-refractivity contribution in [2.24, 2.45) is 35.5 Å². The van der Waals surface area contributed by atoms with Gasteiger partial charge in [0.25, 0.3) is 0 Å². The maximum Gasteiger partial charge on any atom is 0.330 e. The Morgan fingerprint density at radius 1 is 0.917 bits per heavy atom. The zero-order valence-electron chi connectivity index (χ0n) is 14.6. The quantitative estimate of drug-likeness (QED) is 0.551. The molecule has 3 aliphatic rings. The van der Waals surface area contributed by atoms with Crippen LogP contribution >= 0.6 is 0 Å². The van der Waals surface area contributed by atoms with Crippen LogP contribution in [0.4, 0.5) is 0 Å². The van der Waals surface area contributed by atoms with E-state index < -0.39 is 0 Å². The van der Waals surface area contributed by atoms with E-state index in [-0.39, 0.29) is 11.9 Å². The summed E-state index contributed by atoms with van der Waals surface area (Å²) in [6.45, 7) is 4.52. The van der Waals surface area contributed by atoms with Crippen molar-refractivity contribution >= 4 is 11.9 Å². The smallest absolute Gasteiger partial charge is 0.330 e. The van der Waals surface area contributed by atoms with Crippen molar-refractivity contribution in [3.05, 3.63) is 24.3 Å². The second kappa shape index (κ2) is 7.54. The minimum Gasteiger partial charge on any atom is -0.462 e. The number of carbonyl (C=O) groups is 2. The summed E-state index contributed by atoms with van der Waals surface area (Å²) in [6, 6.07) is 0.